The fourth-order valence-corrected chi connectivity index (χ4v) is 5.41. The third kappa shape index (κ3) is 5.24. The van der Waals surface area contributed by atoms with E-state index in [9.17, 15) is 18.0 Å². The minimum Gasteiger partial charge on any atom is -0.497 e. The van der Waals surface area contributed by atoms with Crippen LogP contribution in [0.3, 0.4) is 0 Å². The number of methoxy groups -OCH3 is 3. The Labute approximate surface area is 197 Å². The van der Waals surface area contributed by atoms with E-state index in [0.717, 1.165) is 0 Å². The Morgan fingerprint density at radius 2 is 1.68 bits per heavy atom. The summed E-state index contributed by atoms with van der Waals surface area (Å²) in [5.41, 5.74) is 1.86. The first-order valence-electron chi connectivity index (χ1n) is 10.3. The number of sulfonamides is 1. The number of carbonyl (C=O) groups excluding carboxylic acids is 2. The number of benzene rings is 2. The van der Waals surface area contributed by atoms with Crippen LogP contribution in [-0.2, 0) is 14.8 Å². The largest absolute Gasteiger partial charge is 0.497 e. The first-order valence-corrected chi connectivity index (χ1v) is 11.8. The summed E-state index contributed by atoms with van der Waals surface area (Å²) in [5, 5.41) is 9.00. The molecule has 12 heteroatoms. The fraction of sp³-hybridized carbons (Fsp3) is 0.364. The highest BCUT2D eigenvalue weighted by molar-refractivity contribution is 7.89. The monoisotopic (exact) mass is 493 g/mol. The lowest BCUT2D eigenvalue weighted by Crippen LogP contribution is -2.57. The predicted octanol–water partition coefficient (Wildman–Crippen LogP) is 1.12. The molecule has 0 saturated carbocycles. The number of hydroxylamine groups is 1. The maximum absolute atomic E-state index is 13.3. The molecule has 0 spiro atoms. The van der Waals surface area contributed by atoms with Gasteiger partial charge in [-0.05, 0) is 42.5 Å². The van der Waals surface area contributed by atoms with Crippen LogP contribution in [-0.4, -0.2) is 81.7 Å². The molecular formula is C22H27N3O8S. The van der Waals surface area contributed by atoms with E-state index in [1.807, 2.05) is 0 Å². The third-order valence-corrected chi connectivity index (χ3v) is 7.52. The summed E-state index contributed by atoms with van der Waals surface area (Å²) in [6.45, 7) is 0.0343. The van der Waals surface area contributed by atoms with Crippen molar-refractivity contribution in [1.29, 1.82) is 0 Å². The van der Waals surface area contributed by atoms with Crippen molar-refractivity contribution in [2.75, 3.05) is 41.0 Å². The molecule has 1 aliphatic heterocycles. The van der Waals surface area contributed by atoms with Gasteiger partial charge in [0.15, 0.2) is 11.5 Å². The maximum Gasteiger partial charge on any atom is 0.254 e. The van der Waals surface area contributed by atoms with Gasteiger partial charge in [0.05, 0.1) is 32.3 Å². The highest BCUT2D eigenvalue weighted by Crippen LogP contribution is 2.29. The van der Waals surface area contributed by atoms with Gasteiger partial charge >= 0.3 is 0 Å². The quantitative estimate of drug-likeness (QED) is 0.413. The molecular weight excluding hydrogens is 466 g/mol. The first kappa shape index (κ1) is 25.3. The molecule has 2 amide bonds. The van der Waals surface area contributed by atoms with Crippen LogP contribution in [0.2, 0.25) is 0 Å². The summed E-state index contributed by atoms with van der Waals surface area (Å²) < 4.78 is 43.4. The zero-order chi connectivity index (χ0) is 24.9. The van der Waals surface area contributed by atoms with E-state index in [0.29, 0.717) is 22.8 Å². The van der Waals surface area contributed by atoms with Crippen molar-refractivity contribution >= 4 is 21.8 Å². The van der Waals surface area contributed by atoms with Crippen LogP contribution in [0.5, 0.6) is 17.2 Å². The molecule has 1 atom stereocenters. The van der Waals surface area contributed by atoms with Crippen LogP contribution in [0.1, 0.15) is 16.8 Å². The van der Waals surface area contributed by atoms with Gasteiger partial charge in [0.1, 0.15) is 5.75 Å². The van der Waals surface area contributed by atoms with E-state index in [4.69, 9.17) is 19.4 Å². The summed E-state index contributed by atoms with van der Waals surface area (Å²) in [4.78, 5) is 26.6. The van der Waals surface area contributed by atoms with Gasteiger partial charge in [-0.15, -0.1) is 0 Å². The minimum atomic E-state index is -3.98. The fourth-order valence-electron chi connectivity index (χ4n) is 3.80. The Morgan fingerprint density at radius 1 is 1.00 bits per heavy atom. The smallest absolute Gasteiger partial charge is 0.254 e. The number of nitrogens with zero attached hydrogens (tertiary/aromatic N) is 2. The summed E-state index contributed by atoms with van der Waals surface area (Å²) >= 11 is 0. The molecule has 1 unspecified atom stereocenters. The summed E-state index contributed by atoms with van der Waals surface area (Å²) in [6, 6.07) is 9.72. The second-order valence-electron chi connectivity index (χ2n) is 7.51. The van der Waals surface area contributed by atoms with Crippen LogP contribution in [0.4, 0.5) is 0 Å². The number of rotatable bonds is 8. The number of hydrogen-bond acceptors (Lipinski definition) is 8. The van der Waals surface area contributed by atoms with E-state index < -0.39 is 22.0 Å². The number of ether oxygens (including phenoxy) is 3. The van der Waals surface area contributed by atoms with Gasteiger partial charge in [-0.1, -0.05) is 0 Å². The molecule has 2 aromatic rings. The van der Waals surface area contributed by atoms with Crippen molar-refractivity contribution < 1.29 is 37.4 Å². The summed E-state index contributed by atoms with van der Waals surface area (Å²) in [6.07, 6.45) is -0.332. The molecule has 2 N–H and O–H groups in total. The van der Waals surface area contributed by atoms with Crippen molar-refractivity contribution in [2.24, 2.45) is 0 Å². The molecule has 0 aromatic heterocycles. The van der Waals surface area contributed by atoms with E-state index >= 15 is 0 Å². The molecule has 1 heterocycles. The van der Waals surface area contributed by atoms with E-state index in [1.165, 1.54) is 66.3 Å². The number of piperazine rings is 1. The standard InChI is InChI=1S/C22H27N3O8S/c1-31-17-5-7-18(8-6-17)34(29,30)25-11-10-24(14-16(25)13-21(26)23-28)22(27)15-4-9-19(32-2)20(12-15)33-3/h4-9,12,16,28H,10-11,13-14H2,1-3H3,(H,23,26). The maximum atomic E-state index is 13.3. The molecule has 0 radical (unpaired) electrons. The second-order valence-corrected chi connectivity index (χ2v) is 9.40. The Hall–Kier alpha value is -3.35. The molecule has 184 valence electrons. The highest BCUT2D eigenvalue weighted by Gasteiger charge is 2.38. The molecule has 0 aliphatic carbocycles. The van der Waals surface area contributed by atoms with Gasteiger partial charge in [0, 0.05) is 31.6 Å². The molecule has 1 fully saturated rings. The molecule has 1 saturated heterocycles. The zero-order valence-corrected chi connectivity index (χ0v) is 19.9. The van der Waals surface area contributed by atoms with Crippen molar-refractivity contribution in [3.8, 4) is 17.2 Å². The van der Waals surface area contributed by atoms with Gasteiger partial charge < -0.3 is 19.1 Å². The summed E-state index contributed by atoms with van der Waals surface area (Å²) in [7, 11) is 0.434. The predicted molar refractivity (Wildman–Crippen MR) is 121 cm³/mol. The number of amides is 2. The Balaban J connectivity index is 1.87. The van der Waals surface area contributed by atoms with Crippen LogP contribution in [0.25, 0.3) is 0 Å². The normalized spacial score (nSPS) is 16.6. The Morgan fingerprint density at radius 3 is 2.26 bits per heavy atom. The Bertz CT molecular complexity index is 1140. The number of hydrogen-bond donors (Lipinski definition) is 2. The zero-order valence-electron chi connectivity index (χ0n) is 19.1. The average Bonchev–Trinajstić information content (AvgIpc) is 2.87. The topological polar surface area (TPSA) is 135 Å². The van der Waals surface area contributed by atoms with E-state index in [1.54, 1.807) is 12.1 Å². The van der Waals surface area contributed by atoms with Gasteiger partial charge in [0.2, 0.25) is 15.9 Å². The third-order valence-electron chi connectivity index (χ3n) is 5.56. The second kappa shape index (κ2) is 10.7. The van der Waals surface area contributed by atoms with Crippen molar-refractivity contribution in [1.82, 2.24) is 14.7 Å². The van der Waals surface area contributed by atoms with Crippen LogP contribution in [0.15, 0.2) is 47.4 Å². The van der Waals surface area contributed by atoms with Crippen LogP contribution >= 0.6 is 0 Å². The summed E-state index contributed by atoms with van der Waals surface area (Å²) in [5.74, 6) is 0.231. The van der Waals surface area contributed by atoms with Crippen molar-refractivity contribution in [3.63, 3.8) is 0 Å². The van der Waals surface area contributed by atoms with E-state index in [2.05, 4.69) is 0 Å². The number of carbonyl (C=O) groups is 2. The molecule has 34 heavy (non-hydrogen) atoms. The lowest BCUT2D eigenvalue weighted by molar-refractivity contribution is -0.130. The SMILES string of the molecule is COc1ccc(S(=O)(=O)N2CCN(C(=O)c3ccc(OC)c(OC)c3)CC2CC(=O)NO)cc1. The van der Waals surface area contributed by atoms with Gasteiger partial charge in [-0.25, -0.2) is 13.9 Å². The van der Waals surface area contributed by atoms with Crippen LogP contribution < -0.4 is 19.7 Å². The molecule has 3 rings (SSSR count). The lowest BCUT2D eigenvalue weighted by atomic mass is 10.1. The van der Waals surface area contributed by atoms with Crippen LogP contribution in [0, 0.1) is 0 Å². The number of nitrogens with one attached hydrogen (secondary N) is 1. The van der Waals surface area contributed by atoms with Crippen molar-refractivity contribution in [2.45, 2.75) is 17.4 Å². The minimum absolute atomic E-state index is 0.0300. The molecule has 1 aliphatic rings. The van der Waals surface area contributed by atoms with E-state index in [-0.39, 0.29) is 36.9 Å². The molecule has 2 aromatic carbocycles. The average molecular weight is 494 g/mol. The van der Waals surface area contributed by atoms with Gasteiger partial charge in [-0.2, -0.15) is 4.31 Å². The Kier molecular flexibility index (Phi) is 7.97. The molecule has 0 bridgehead atoms. The van der Waals surface area contributed by atoms with Gasteiger partial charge in [0.25, 0.3) is 5.91 Å². The first-order chi connectivity index (χ1) is 16.2. The van der Waals surface area contributed by atoms with Crippen molar-refractivity contribution in [3.05, 3.63) is 48.0 Å². The highest BCUT2D eigenvalue weighted by atomic mass is 32.2. The molecule has 11 nitrogen and oxygen atoms in total. The lowest BCUT2D eigenvalue weighted by Gasteiger charge is -2.40. The van der Waals surface area contributed by atoms with Gasteiger partial charge in [-0.3, -0.25) is 14.8 Å².